The Morgan fingerprint density at radius 2 is 1.32 bits per heavy atom. The molecule has 4 nitrogen and oxygen atoms in total. The Morgan fingerprint density at radius 1 is 0.640 bits per heavy atom. The number of nitrogens with one attached hydrogen (secondary N) is 1. The van der Waals surface area contributed by atoms with Crippen LogP contribution in [0, 0.1) is 0 Å². The van der Waals surface area contributed by atoms with Crippen LogP contribution in [-0.2, 0) is 0 Å². The maximum absolute atomic E-state index is 4.45. The number of aromatic nitrogens is 4. The number of benzene rings is 2. The van der Waals surface area contributed by atoms with Crippen LogP contribution < -0.4 is 0 Å². The molecular formula is C21H16N4. The third kappa shape index (κ3) is 3.53. The lowest BCUT2D eigenvalue weighted by Crippen LogP contribution is -1.89. The fourth-order valence-electron chi connectivity index (χ4n) is 2.51. The van der Waals surface area contributed by atoms with Gasteiger partial charge in [0.15, 0.2) is 5.82 Å². The van der Waals surface area contributed by atoms with Crippen LogP contribution in [0.15, 0.2) is 79.3 Å². The summed E-state index contributed by atoms with van der Waals surface area (Å²) in [4.78, 5) is 16.6. The number of H-pyrrole nitrogens is 1. The zero-order chi connectivity index (χ0) is 16.9. The quantitative estimate of drug-likeness (QED) is 0.592. The van der Waals surface area contributed by atoms with Gasteiger partial charge in [0, 0.05) is 23.5 Å². The second-order valence-electron chi connectivity index (χ2n) is 5.59. The van der Waals surface area contributed by atoms with E-state index >= 15 is 0 Å². The number of imidazole rings is 1. The fraction of sp³-hybridized carbons (Fsp3) is 0. The van der Waals surface area contributed by atoms with E-state index in [0.717, 1.165) is 28.2 Å². The molecule has 0 aliphatic heterocycles. The van der Waals surface area contributed by atoms with Crippen molar-refractivity contribution < 1.29 is 0 Å². The van der Waals surface area contributed by atoms with Gasteiger partial charge >= 0.3 is 0 Å². The lowest BCUT2D eigenvalue weighted by molar-refractivity contribution is 1.17. The summed E-state index contributed by atoms with van der Waals surface area (Å²) >= 11 is 0. The van der Waals surface area contributed by atoms with Crippen molar-refractivity contribution in [3.8, 4) is 22.6 Å². The first-order valence-electron chi connectivity index (χ1n) is 8.04. The van der Waals surface area contributed by atoms with E-state index in [-0.39, 0.29) is 0 Å². The van der Waals surface area contributed by atoms with E-state index in [1.54, 1.807) is 6.20 Å². The van der Waals surface area contributed by atoms with Crippen molar-refractivity contribution in [2.24, 2.45) is 0 Å². The summed E-state index contributed by atoms with van der Waals surface area (Å²) in [5, 5.41) is 0. The highest BCUT2D eigenvalue weighted by molar-refractivity contribution is 5.68. The Morgan fingerprint density at radius 3 is 2.04 bits per heavy atom. The predicted molar refractivity (Wildman–Crippen MR) is 100 cm³/mol. The summed E-state index contributed by atoms with van der Waals surface area (Å²) in [7, 11) is 0. The average Bonchev–Trinajstić information content (AvgIpc) is 3.17. The van der Waals surface area contributed by atoms with Gasteiger partial charge in [0.1, 0.15) is 5.82 Å². The maximum atomic E-state index is 4.45. The van der Waals surface area contributed by atoms with Gasteiger partial charge in [-0.05, 0) is 11.6 Å². The topological polar surface area (TPSA) is 54.5 Å². The number of aromatic amines is 1. The van der Waals surface area contributed by atoms with Gasteiger partial charge in [0.25, 0.3) is 0 Å². The zero-order valence-electron chi connectivity index (χ0n) is 13.5. The highest BCUT2D eigenvalue weighted by atomic mass is 14.9. The van der Waals surface area contributed by atoms with Crippen molar-refractivity contribution >= 4 is 12.2 Å². The molecule has 2 aromatic carbocycles. The molecule has 0 spiro atoms. The fourth-order valence-corrected chi connectivity index (χ4v) is 2.51. The van der Waals surface area contributed by atoms with Gasteiger partial charge in [-0.3, -0.25) is 0 Å². The summed E-state index contributed by atoms with van der Waals surface area (Å²) in [6.45, 7) is 0. The van der Waals surface area contributed by atoms with Crippen molar-refractivity contribution in [2.75, 3.05) is 0 Å². The molecule has 4 heteroatoms. The van der Waals surface area contributed by atoms with E-state index in [4.69, 9.17) is 0 Å². The van der Waals surface area contributed by atoms with Crippen molar-refractivity contribution in [1.82, 2.24) is 19.9 Å². The van der Waals surface area contributed by atoms with Crippen LogP contribution in [0.2, 0.25) is 0 Å². The molecule has 25 heavy (non-hydrogen) atoms. The number of rotatable bonds is 4. The van der Waals surface area contributed by atoms with Gasteiger partial charge < -0.3 is 4.98 Å². The summed E-state index contributed by atoms with van der Waals surface area (Å²) in [5.74, 6) is 1.51. The van der Waals surface area contributed by atoms with E-state index in [1.807, 2.05) is 73.1 Å². The third-order valence-corrected chi connectivity index (χ3v) is 3.82. The summed E-state index contributed by atoms with van der Waals surface area (Å²) in [5.41, 5.74) is 3.94. The van der Waals surface area contributed by atoms with E-state index in [1.165, 1.54) is 0 Å². The van der Waals surface area contributed by atoms with E-state index in [2.05, 4.69) is 32.1 Å². The van der Waals surface area contributed by atoms with Gasteiger partial charge in [-0.25, -0.2) is 15.0 Å². The lowest BCUT2D eigenvalue weighted by Gasteiger charge is -2.01. The van der Waals surface area contributed by atoms with E-state index in [9.17, 15) is 0 Å². The smallest absolute Gasteiger partial charge is 0.159 e. The first-order chi connectivity index (χ1) is 12.4. The van der Waals surface area contributed by atoms with Crippen LogP contribution >= 0.6 is 0 Å². The minimum absolute atomic E-state index is 0.716. The standard InChI is InChI=1S/C21H16N4/c1-3-7-16(8-4-1)11-12-20-22-15-19(25-20)18-13-23-21(24-14-18)17-9-5-2-6-10-17/h1-15H,(H,22,25). The molecular weight excluding hydrogens is 308 g/mol. The first-order valence-corrected chi connectivity index (χ1v) is 8.04. The Labute approximate surface area is 146 Å². The molecule has 1 N–H and O–H groups in total. The Hall–Kier alpha value is -3.53. The molecule has 0 aliphatic rings. The van der Waals surface area contributed by atoms with Crippen molar-refractivity contribution in [3.05, 3.63) is 90.6 Å². The molecule has 2 aromatic heterocycles. The Kier molecular flexibility index (Phi) is 4.16. The normalized spacial score (nSPS) is 11.0. The molecule has 0 atom stereocenters. The van der Waals surface area contributed by atoms with Gasteiger partial charge in [0.2, 0.25) is 0 Å². The van der Waals surface area contributed by atoms with Gasteiger partial charge in [0.05, 0.1) is 11.9 Å². The van der Waals surface area contributed by atoms with Crippen molar-refractivity contribution in [2.45, 2.75) is 0 Å². The molecule has 4 rings (SSSR count). The molecule has 0 aliphatic carbocycles. The molecule has 0 saturated carbocycles. The monoisotopic (exact) mass is 324 g/mol. The van der Waals surface area contributed by atoms with Crippen LogP contribution in [0.1, 0.15) is 11.4 Å². The molecule has 0 unspecified atom stereocenters. The van der Waals surface area contributed by atoms with Gasteiger partial charge in [-0.15, -0.1) is 0 Å². The van der Waals surface area contributed by atoms with Crippen LogP contribution in [-0.4, -0.2) is 19.9 Å². The van der Waals surface area contributed by atoms with Crippen molar-refractivity contribution in [1.29, 1.82) is 0 Å². The molecule has 120 valence electrons. The summed E-state index contributed by atoms with van der Waals surface area (Å²) < 4.78 is 0. The second kappa shape index (κ2) is 6.93. The summed E-state index contributed by atoms with van der Waals surface area (Å²) in [6.07, 6.45) is 9.41. The number of nitrogens with zero attached hydrogens (tertiary/aromatic N) is 3. The van der Waals surface area contributed by atoms with Gasteiger partial charge in [-0.2, -0.15) is 0 Å². The van der Waals surface area contributed by atoms with Gasteiger partial charge in [-0.1, -0.05) is 66.7 Å². The number of hydrogen-bond donors (Lipinski definition) is 1. The lowest BCUT2D eigenvalue weighted by atomic mass is 10.2. The van der Waals surface area contributed by atoms with E-state index < -0.39 is 0 Å². The van der Waals surface area contributed by atoms with E-state index in [0.29, 0.717) is 5.82 Å². The minimum atomic E-state index is 0.716. The second-order valence-corrected chi connectivity index (χ2v) is 5.59. The largest absolute Gasteiger partial charge is 0.338 e. The predicted octanol–water partition coefficient (Wildman–Crippen LogP) is 4.70. The molecule has 0 bridgehead atoms. The molecule has 4 aromatic rings. The Bertz CT molecular complexity index is 971. The number of hydrogen-bond acceptors (Lipinski definition) is 3. The molecule has 0 fully saturated rings. The first kappa shape index (κ1) is 15.0. The SMILES string of the molecule is C(=Cc1ncc(-c2cnc(-c3ccccc3)nc2)[nH]1)c1ccccc1. The molecule has 0 saturated heterocycles. The van der Waals surface area contributed by atoms with Crippen molar-refractivity contribution in [3.63, 3.8) is 0 Å². The Balaban J connectivity index is 1.53. The highest BCUT2D eigenvalue weighted by Crippen LogP contribution is 2.19. The molecule has 0 amide bonds. The zero-order valence-corrected chi connectivity index (χ0v) is 13.5. The van der Waals surface area contributed by atoms with Crippen LogP contribution in [0.3, 0.4) is 0 Å². The molecule has 2 heterocycles. The summed E-state index contributed by atoms with van der Waals surface area (Å²) in [6, 6.07) is 20.1. The maximum Gasteiger partial charge on any atom is 0.159 e. The van der Waals surface area contributed by atoms with Crippen LogP contribution in [0.5, 0.6) is 0 Å². The molecule has 0 radical (unpaired) electrons. The minimum Gasteiger partial charge on any atom is -0.338 e. The van der Waals surface area contributed by atoms with Crippen LogP contribution in [0.4, 0.5) is 0 Å². The highest BCUT2D eigenvalue weighted by Gasteiger charge is 2.05. The average molecular weight is 324 g/mol. The third-order valence-electron chi connectivity index (χ3n) is 3.82. The van der Waals surface area contributed by atoms with Crippen LogP contribution in [0.25, 0.3) is 34.8 Å².